The van der Waals surface area contributed by atoms with Gasteiger partial charge in [0.15, 0.2) is 17.2 Å². The molecular formula is C18H19N7O2. The average molecular weight is 365 g/mol. The standard InChI is InChI=1S/C18H19N7O2/c1-12(26)13-2-4-15(5-3-13)19-18(27)14-8-10-24(11-9-14)17-7-6-16-20-22-23-25(16)21-17/h2-7,14H,8-11H2,1H3,(H,19,27). The number of carbonyl (C=O) groups excluding carboxylic acids is 2. The second-order valence-corrected chi connectivity index (χ2v) is 6.60. The summed E-state index contributed by atoms with van der Waals surface area (Å²) in [4.78, 5) is 26.0. The molecule has 0 radical (unpaired) electrons. The van der Waals surface area contributed by atoms with Gasteiger partial charge in [0.05, 0.1) is 0 Å². The Hall–Kier alpha value is -3.36. The van der Waals surface area contributed by atoms with Crippen LogP contribution in [0.1, 0.15) is 30.1 Å². The molecule has 3 heterocycles. The Balaban J connectivity index is 1.35. The Labute approximate surface area is 155 Å². The van der Waals surface area contributed by atoms with Gasteiger partial charge in [-0.3, -0.25) is 9.59 Å². The second-order valence-electron chi connectivity index (χ2n) is 6.60. The first-order chi connectivity index (χ1) is 13.1. The molecule has 3 aromatic rings. The molecule has 0 spiro atoms. The molecule has 138 valence electrons. The van der Waals surface area contributed by atoms with Gasteiger partial charge in [0.1, 0.15) is 0 Å². The van der Waals surface area contributed by atoms with E-state index in [9.17, 15) is 9.59 Å². The maximum absolute atomic E-state index is 12.5. The number of amides is 1. The first kappa shape index (κ1) is 17.1. The SMILES string of the molecule is CC(=O)c1ccc(NC(=O)C2CCN(c3ccc4nnnn4n3)CC2)cc1. The summed E-state index contributed by atoms with van der Waals surface area (Å²) in [5.41, 5.74) is 1.94. The molecule has 1 aliphatic heterocycles. The van der Waals surface area contributed by atoms with Crippen molar-refractivity contribution in [3.63, 3.8) is 0 Å². The average Bonchev–Trinajstić information content (AvgIpc) is 3.16. The summed E-state index contributed by atoms with van der Waals surface area (Å²) in [5.74, 6) is 0.766. The molecule has 0 bridgehead atoms. The maximum atomic E-state index is 12.5. The summed E-state index contributed by atoms with van der Waals surface area (Å²) in [5, 5.41) is 18.6. The van der Waals surface area contributed by atoms with Gasteiger partial charge in [-0.15, -0.1) is 14.8 Å². The van der Waals surface area contributed by atoms with Crippen molar-refractivity contribution in [1.82, 2.24) is 25.3 Å². The number of benzene rings is 1. The van der Waals surface area contributed by atoms with Crippen molar-refractivity contribution < 1.29 is 9.59 Å². The number of anilines is 2. The zero-order valence-corrected chi connectivity index (χ0v) is 14.9. The minimum Gasteiger partial charge on any atom is -0.355 e. The largest absolute Gasteiger partial charge is 0.355 e. The molecule has 1 amide bonds. The molecule has 0 atom stereocenters. The number of piperidine rings is 1. The summed E-state index contributed by atoms with van der Waals surface area (Å²) >= 11 is 0. The first-order valence-corrected chi connectivity index (χ1v) is 8.82. The molecule has 1 saturated heterocycles. The third-order valence-corrected chi connectivity index (χ3v) is 4.80. The van der Waals surface area contributed by atoms with Gasteiger partial charge in [-0.2, -0.15) is 0 Å². The zero-order valence-electron chi connectivity index (χ0n) is 14.9. The van der Waals surface area contributed by atoms with Crippen LogP contribution in [0.15, 0.2) is 36.4 Å². The van der Waals surface area contributed by atoms with Crippen LogP contribution in [-0.2, 0) is 4.79 Å². The van der Waals surface area contributed by atoms with Gasteiger partial charge >= 0.3 is 0 Å². The lowest BCUT2D eigenvalue weighted by Crippen LogP contribution is -2.38. The van der Waals surface area contributed by atoms with E-state index in [0.29, 0.717) is 16.9 Å². The summed E-state index contributed by atoms with van der Waals surface area (Å²) < 4.78 is 1.40. The molecule has 1 aromatic carbocycles. The fourth-order valence-electron chi connectivity index (χ4n) is 3.21. The van der Waals surface area contributed by atoms with Crippen LogP contribution in [0.3, 0.4) is 0 Å². The van der Waals surface area contributed by atoms with Crippen molar-refractivity contribution in [2.24, 2.45) is 5.92 Å². The normalized spacial score (nSPS) is 15.1. The molecule has 1 N–H and O–H groups in total. The number of hydrogen-bond donors (Lipinski definition) is 1. The number of nitrogens with one attached hydrogen (secondary N) is 1. The molecule has 2 aromatic heterocycles. The number of carbonyl (C=O) groups is 2. The number of nitrogens with zero attached hydrogens (tertiary/aromatic N) is 6. The minimum absolute atomic E-state index is 0.00807. The van der Waals surface area contributed by atoms with Crippen LogP contribution in [0.4, 0.5) is 11.5 Å². The summed E-state index contributed by atoms with van der Waals surface area (Å²) in [6.45, 7) is 3.00. The quantitative estimate of drug-likeness (QED) is 0.700. The van der Waals surface area contributed by atoms with Crippen LogP contribution < -0.4 is 10.2 Å². The van der Waals surface area contributed by atoms with E-state index in [4.69, 9.17) is 0 Å². The molecule has 0 aliphatic carbocycles. The Kier molecular flexibility index (Phi) is 4.49. The molecule has 4 rings (SSSR count). The van der Waals surface area contributed by atoms with E-state index in [1.54, 1.807) is 24.3 Å². The van der Waals surface area contributed by atoms with Crippen molar-refractivity contribution in [3.05, 3.63) is 42.0 Å². The lowest BCUT2D eigenvalue weighted by Gasteiger charge is -2.31. The van der Waals surface area contributed by atoms with E-state index in [2.05, 4.69) is 30.8 Å². The van der Waals surface area contributed by atoms with Crippen LogP contribution in [0, 0.1) is 5.92 Å². The number of fused-ring (bicyclic) bond motifs is 1. The van der Waals surface area contributed by atoms with Gasteiger partial charge < -0.3 is 10.2 Å². The molecule has 9 heteroatoms. The number of Topliss-reactive ketones (excluding diaryl/α,β-unsaturated/α-hetero) is 1. The Morgan fingerprint density at radius 3 is 2.52 bits per heavy atom. The van der Waals surface area contributed by atoms with Crippen LogP contribution in [0.2, 0.25) is 0 Å². The van der Waals surface area contributed by atoms with Crippen molar-refractivity contribution >= 4 is 28.8 Å². The van der Waals surface area contributed by atoms with Gasteiger partial charge in [-0.1, -0.05) is 0 Å². The van der Waals surface area contributed by atoms with E-state index < -0.39 is 0 Å². The lowest BCUT2D eigenvalue weighted by molar-refractivity contribution is -0.120. The van der Waals surface area contributed by atoms with Crippen LogP contribution in [0.25, 0.3) is 5.65 Å². The highest BCUT2D eigenvalue weighted by molar-refractivity contribution is 5.96. The fraction of sp³-hybridized carbons (Fsp3) is 0.333. The van der Waals surface area contributed by atoms with Gasteiger partial charge in [-0.25, -0.2) is 0 Å². The van der Waals surface area contributed by atoms with Gasteiger partial charge in [0.2, 0.25) is 5.91 Å². The predicted octanol–water partition coefficient (Wildman–Crippen LogP) is 1.58. The first-order valence-electron chi connectivity index (χ1n) is 8.82. The fourth-order valence-corrected chi connectivity index (χ4v) is 3.21. The number of rotatable bonds is 4. The van der Waals surface area contributed by atoms with E-state index in [1.165, 1.54) is 11.6 Å². The highest BCUT2D eigenvalue weighted by atomic mass is 16.2. The van der Waals surface area contributed by atoms with E-state index in [1.807, 2.05) is 12.1 Å². The van der Waals surface area contributed by atoms with Crippen molar-refractivity contribution in [3.8, 4) is 0 Å². The van der Waals surface area contributed by atoms with Crippen molar-refractivity contribution in [1.29, 1.82) is 0 Å². The van der Waals surface area contributed by atoms with Gasteiger partial charge in [0, 0.05) is 30.3 Å². The second kappa shape index (κ2) is 7.10. The maximum Gasteiger partial charge on any atom is 0.227 e. The number of aromatic nitrogens is 5. The smallest absolute Gasteiger partial charge is 0.227 e. The van der Waals surface area contributed by atoms with Crippen LogP contribution in [-0.4, -0.2) is 50.0 Å². The minimum atomic E-state index is -0.0505. The third-order valence-electron chi connectivity index (χ3n) is 4.80. The number of tetrazole rings is 1. The topological polar surface area (TPSA) is 105 Å². The predicted molar refractivity (Wildman–Crippen MR) is 98.6 cm³/mol. The summed E-state index contributed by atoms with van der Waals surface area (Å²) in [6.07, 6.45) is 1.49. The third kappa shape index (κ3) is 3.62. The van der Waals surface area contributed by atoms with Crippen LogP contribution >= 0.6 is 0 Å². The molecule has 0 unspecified atom stereocenters. The van der Waals surface area contributed by atoms with Crippen molar-refractivity contribution in [2.45, 2.75) is 19.8 Å². The summed E-state index contributed by atoms with van der Waals surface area (Å²) in [7, 11) is 0. The molecule has 1 fully saturated rings. The van der Waals surface area contributed by atoms with Gasteiger partial charge in [0.25, 0.3) is 0 Å². The number of hydrogen-bond acceptors (Lipinski definition) is 7. The summed E-state index contributed by atoms with van der Waals surface area (Å²) in [6, 6.07) is 10.7. The van der Waals surface area contributed by atoms with Crippen LogP contribution in [0.5, 0.6) is 0 Å². The lowest BCUT2D eigenvalue weighted by atomic mass is 9.95. The van der Waals surface area contributed by atoms with Crippen molar-refractivity contribution in [2.75, 3.05) is 23.3 Å². The Bertz CT molecular complexity index is 975. The Morgan fingerprint density at radius 2 is 1.81 bits per heavy atom. The Morgan fingerprint density at radius 1 is 1.07 bits per heavy atom. The van der Waals surface area contributed by atoms with Gasteiger partial charge in [-0.05, 0) is 66.6 Å². The highest BCUT2D eigenvalue weighted by Gasteiger charge is 2.26. The van der Waals surface area contributed by atoms with E-state index in [-0.39, 0.29) is 17.6 Å². The highest BCUT2D eigenvalue weighted by Crippen LogP contribution is 2.23. The molecular weight excluding hydrogens is 346 g/mol. The molecule has 9 nitrogen and oxygen atoms in total. The molecule has 27 heavy (non-hydrogen) atoms. The van der Waals surface area contributed by atoms with E-state index >= 15 is 0 Å². The molecule has 1 aliphatic rings. The number of ketones is 1. The van der Waals surface area contributed by atoms with E-state index in [0.717, 1.165) is 31.7 Å². The zero-order chi connectivity index (χ0) is 18.8. The molecule has 0 saturated carbocycles. The monoisotopic (exact) mass is 365 g/mol.